The molecule has 20 heavy (non-hydrogen) atoms. The second kappa shape index (κ2) is 6.48. The van der Waals surface area contributed by atoms with Crippen LogP contribution in [0.25, 0.3) is 0 Å². The van der Waals surface area contributed by atoms with Crippen molar-refractivity contribution < 1.29 is 4.79 Å². The Morgan fingerprint density at radius 1 is 1.45 bits per heavy atom. The average molecular weight is 293 g/mol. The Morgan fingerprint density at radius 2 is 2.20 bits per heavy atom. The van der Waals surface area contributed by atoms with Gasteiger partial charge >= 0.3 is 0 Å². The van der Waals surface area contributed by atoms with E-state index in [4.69, 9.17) is 0 Å². The molecule has 0 bridgehead atoms. The first-order valence-electron chi connectivity index (χ1n) is 7.14. The number of carbonyl (C=O) groups excluding carboxylic acids is 1. The molecule has 1 amide bonds. The number of aryl methyl sites for hydroxylation is 1. The molecule has 0 spiro atoms. The van der Waals surface area contributed by atoms with Gasteiger partial charge in [0.25, 0.3) is 5.91 Å². The van der Waals surface area contributed by atoms with Gasteiger partial charge in [0.1, 0.15) is 5.82 Å². The molecule has 1 fully saturated rings. The molecule has 2 N–H and O–H groups in total. The molecule has 0 radical (unpaired) electrons. The van der Waals surface area contributed by atoms with Gasteiger partial charge in [0.05, 0.1) is 0 Å². The van der Waals surface area contributed by atoms with E-state index in [2.05, 4.69) is 28.8 Å². The molecule has 1 aliphatic carbocycles. The first-order valence-corrected chi connectivity index (χ1v) is 8.37. The van der Waals surface area contributed by atoms with Gasteiger partial charge in [-0.2, -0.15) is 11.8 Å². The zero-order valence-electron chi connectivity index (χ0n) is 12.5. The summed E-state index contributed by atoms with van der Waals surface area (Å²) in [5, 5.41) is 6.28. The zero-order chi connectivity index (χ0) is 14.6. The molecule has 0 unspecified atom stereocenters. The predicted molar refractivity (Wildman–Crippen MR) is 85.6 cm³/mol. The highest BCUT2D eigenvalue weighted by atomic mass is 32.2. The van der Waals surface area contributed by atoms with Crippen LogP contribution in [0.5, 0.6) is 0 Å². The summed E-state index contributed by atoms with van der Waals surface area (Å²) in [6.07, 6.45) is 5.55. The van der Waals surface area contributed by atoms with Gasteiger partial charge in [-0.05, 0) is 44.6 Å². The Kier molecular flexibility index (Phi) is 4.91. The van der Waals surface area contributed by atoms with E-state index in [1.807, 2.05) is 30.8 Å². The van der Waals surface area contributed by atoms with Gasteiger partial charge in [0.2, 0.25) is 0 Å². The van der Waals surface area contributed by atoms with Crippen LogP contribution < -0.4 is 10.6 Å². The summed E-state index contributed by atoms with van der Waals surface area (Å²) in [6.45, 7) is 5.64. The van der Waals surface area contributed by atoms with Gasteiger partial charge in [-0.3, -0.25) is 4.79 Å². The van der Waals surface area contributed by atoms with Crippen molar-refractivity contribution in [2.45, 2.75) is 37.9 Å². The van der Waals surface area contributed by atoms with Crippen LogP contribution in [0, 0.1) is 6.92 Å². The molecule has 2 rings (SSSR count). The van der Waals surface area contributed by atoms with Crippen LogP contribution in [0.3, 0.4) is 0 Å². The SMILES string of the molecule is CCCNc1cc(C(=O)NCC2(SC)CC2)cc(C)n1. The van der Waals surface area contributed by atoms with E-state index in [1.54, 1.807) is 0 Å². The van der Waals surface area contributed by atoms with E-state index in [0.717, 1.165) is 31.0 Å². The number of rotatable bonds is 7. The topological polar surface area (TPSA) is 54.0 Å². The molecular weight excluding hydrogens is 270 g/mol. The number of anilines is 1. The number of thioether (sulfide) groups is 1. The minimum Gasteiger partial charge on any atom is -0.370 e. The van der Waals surface area contributed by atoms with E-state index in [9.17, 15) is 4.79 Å². The Labute approximate surface area is 125 Å². The van der Waals surface area contributed by atoms with Gasteiger partial charge < -0.3 is 10.6 Å². The number of hydrogen-bond donors (Lipinski definition) is 2. The van der Waals surface area contributed by atoms with Crippen molar-refractivity contribution in [2.75, 3.05) is 24.7 Å². The third-order valence-electron chi connectivity index (χ3n) is 3.58. The molecule has 5 heteroatoms. The highest BCUT2D eigenvalue weighted by Crippen LogP contribution is 2.46. The van der Waals surface area contributed by atoms with Crippen LogP contribution in [0.4, 0.5) is 5.82 Å². The fourth-order valence-corrected chi connectivity index (χ4v) is 2.81. The standard InChI is InChI=1S/C15H23N3OS/c1-4-7-16-13-9-12(8-11(2)18-13)14(19)17-10-15(20-3)5-6-15/h8-9H,4-7,10H2,1-3H3,(H,16,18)(H,17,19). The largest absolute Gasteiger partial charge is 0.370 e. The monoisotopic (exact) mass is 293 g/mol. The van der Waals surface area contributed by atoms with Crippen LogP contribution in [0.1, 0.15) is 42.2 Å². The molecule has 0 aliphatic heterocycles. The molecular formula is C15H23N3OS. The van der Waals surface area contributed by atoms with Crippen molar-refractivity contribution in [2.24, 2.45) is 0 Å². The van der Waals surface area contributed by atoms with E-state index in [-0.39, 0.29) is 5.91 Å². The van der Waals surface area contributed by atoms with Gasteiger partial charge in [-0.1, -0.05) is 6.92 Å². The van der Waals surface area contributed by atoms with Gasteiger partial charge in [0.15, 0.2) is 0 Å². The van der Waals surface area contributed by atoms with Crippen molar-refractivity contribution in [3.05, 3.63) is 23.4 Å². The highest BCUT2D eigenvalue weighted by Gasteiger charge is 2.41. The summed E-state index contributed by atoms with van der Waals surface area (Å²) in [5.41, 5.74) is 1.55. The number of pyridine rings is 1. The highest BCUT2D eigenvalue weighted by molar-refractivity contribution is 8.00. The number of amides is 1. The normalized spacial score (nSPS) is 15.8. The summed E-state index contributed by atoms with van der Waals surface area (Å²) >= 11 is 1.85. The van der Waals surface area contributed by atoms with Gasteiger partial charge in [0, 0.05) is 29.1 Å². The zero-order valence-corrected chi connectivity index (χ0v) is 13.3. The quantitative estimate of drug-likeness (QED) is 0.811. The lowest BCUT2D eigenvalue weighted by Crippen LogP contribution is -2.31. The fourth-order valence-electron chi connectivity index (χ4n) is 2.08. The van der Waals surface area contributed by atoms with Crippen molar-refractivity contribution in [1.29, 1.82) is 0 Å². The third kappa shape index (κ3) is 3.88. The number of nitrogens with one attached hydrogen (secondary N) is 2. The average Bonchev–Trinajstić information content (AvgIpc) is 3.22. The summed E-state index contributed by atoms with van der Waals surface area (Å²) in [7, 11) is 0. The first-order chi connectivity index (χ1) is 9.58. The van der Waals surface area contributed by atoms with Crippen LogP contribution in [0.2, 0.25) is 0 Å². The number of aromatic nitrogens is 1. The lowest BCUT2D eigenvalue weighted by molar-refractivity contribution is 0.0953. The minimum absolute atomic E-state index is 0.00428. The molecule has 0 saturated heterocycles. The van der Waals surface area contributed by atoms with Crippen LogP contribution >= 0.6 is 11.8 Å². The first kappa shape index (κ1) is 15.2. The number of carbonyl (C=O) groups is 1. The maximum Gasteiger partial charge on any atom is 0.251 e. The lowest BCUT2D eigenvalue weighted by Gasteiger charge is -2.14. The Hall–Kier alpha value is -1.23. The second-order valence-corrected chi connectivity index (χ2v) is 6.65. The maximum atomic E-state index is 12.2. The van der Waals surface area contributed by atoms with Crippen molar-refractivity contribution in [1.82, 2.24) is 10.3 Å². The molecule has 1 aromatic heterocycles. The molecule has 0 atom stereocenters. The molecule has 1 aliphatic rings. The van der Waals surface area contributed by atoms with E-state index in [0.29, 0.717) is 10.3 Å². The molecule has 1 heterocycles. The van der Waals surface area contributed by atoms with Gasteiger partial charge in [-0.25, -0.2) is 4.98 Å². The maximum absolute atomic E-state index is 12.2. The summed E-state index contributed by atoms with van der Waals surface area (Å²) in [5.74, 6) is 0.776. The Bertz CT molecular complexity index is 486. The summed E-state index contributed by atoms with van der Waals surface area (Å²) in [4.78, 5) is 16.6. The molecule has 4 nitrogen and oxygen atoms in total. The number of nitrogens with zero attached hydrogens (tertiary/aromatic N) is 1. The molecule has 0 aromatic carbocycles. The van der Waals surface area contributed by atoms with Crippen LogP contribution in [-0.4, -0.2) is 35.0 Å². The molecule has 1 saturated carbocycles. The number of hydrogen-bond acceptors (Lipinski definition) is 4. The van der Waals surface area contributed by atoms with E-state index in [1.165, 1.54) is 12.8 Å². The van der Waals surface area contributed by atoms with Crippen LogP contribution in [0.15, 0.2) is 12.1 Å². The van der Waals surface area contributed by atoms with Crippen molar-refractivity contribution >= 4 is 23.5 Å². The van der Waals surface area contributed by atoms with E-state index < -0.39 is 0 Å². The molecule has 110 valence electrons. The summed E-state index contributed by atoms with van der Waals surface area (Å²) < 4.78 is 0.293. The Morgan fingerprint density at radius 3 is 2.80 bits per heavy atom. The van der Waals surface area contributed by atoms with E-state index >= 15 is 0 Å². The Balaban J connectivity index is 1.99. The minimum atomic E-state index is -0.00428. The second-order valence-electron chi connectivity index (χ2n) is 5.38. The smallest absolute Gasteiger partial charge is 0.251 e. The molecule has 1 aromatic rings. The predicted octanol–water partition coefficient (Wildman–Crippen LogP) is 2.84. The lowest BCUT2D eigenvalue weighted by atomic mass is 10.2. The van der Waals surface area contributed by atoms with Crippen LogP contribution in [-0.2, 0) is 0 Å². The van der Waals surface area contributed by atoms with Gasteiger partial charge in [-0.15, -0.1) is 0 Å². The fraction of sp³-hybridized carbons (Fsp3) is 0.600. The summed E-state index contributed by atoms with van der Waals surface area (Å²) in [6, 6.07) is 3.67. The van der Waals surface area contributed by atoms with Crippen molar-refractivity contribution in [3.63, 3.8) is 0 Å². The van der Waals surface area contributed by atoms with Crippen molar-refractivity contribution in [3.8, 4) is 0 Å². The third-order valence-corrected chi connectivity index (χ3v) is 5.00.